The third kappa shape index (κ3) is 2.52. The summed E-state index contributed by atoms with van der Waals surface area (Å²) >= 11 is 3.34. The molecule has 0 unspecified atom stereocenters. The van der Waals surface area contributed by atoms with E-state index in [4.69, 9.17) is 0 Å². The van der Waals surface area contributed by atoms with Crippen molar-refractivity contribution in [2.75, 3.05) is 13.1 Å². The maximum atomic E-state index is 12.2. The van der Waals surface area contributed by atoms with Crippen LogP contribution in [0.1, 0.15) is 46.4 Å². The topological polar surface area (TPSA) is 49.4 Å². The van der Waals surface area contributed by atoms with Gasteiger partial charge in [0.15, 0.2) is 0 Å². The van der Waals surface area contributed by atoms with Crippen LogP contribution in [0.5, 0.6) is 0 Å². The third-order valence-corrected chi connectivity index (χ3v) is 4.55. The van der Waals surface area contributed by atoms with Gasteiger partial charge in [-0.25, -0.2) is 0 Å². The van der Waals surface area contributed by atoms with Gasteiger partial charge in [-0.1, -0.05) is 28.8 Å². The van der Waals surface area contributed by atoms with Gasteiger partial charge in [0.05, 0.1) is 11.1 Å². The lowest BCUT2D eigenvalue weighted by Gasteiger charge is -2.16. The standard InChI is InChI=1S/C15H17BrN2O2/c16-10-5-6-12-13(9-10)15(20)18(14(12)19)8-7-17-11-3-1-2-4-11/h5-6,9,11,17H,1-4,7-8H2. The minimum Gasteiger partial charge on any atom is -0.312 e. The lowest BCUT2D eigenvalue weighted by Crippen LogP contribution is -2.38. The van der Waals surface area contributed by atoms with Crippen LogP contribution < -0.4 is 5.32 Å². The molecule has 1 heterocycles. The number of rotatable bonds is 4. The highest BCUT2D eigenvalue weighted by Crippen LogP contribution is 2.25. The Morgan fingerprint density at radius 3 is 2.60 bits per heavy atom. The van der Waals surface area contributed by atoms with Crippen molar-refractivity contribution >= 4 is 27.7 Å². The van der Waals surface area contributed by atoms with Crippen LogP contribution in [0, 0.1) is 0 Å². The largest absolute Gasteiger partial charge is 0.312 e. The van der Waals surface area contributed by atoms with Gasteiger partial charge in [0.2, 0.25) is 0 Å². The van der Waals surface area contributed by atoms with Crippen molar-refractivity contribution in [2.24, 2.45) is 0 Å². The number of carbonyl (C=O) groups is 2. The predicted molar refractivity (Wildman–Crippen MR) is 79.8 cm³/mol. The van der Waals surface area contributed by atoms with Gasteiger partial charge in [-0.05, 0) is 31.0 Å². The molecule has 0 aromatic heterocycles. The summed E-state index contributed by atoms with van der Waals surface area (Å²) < 4.78 is 0.823. The molecule has 106 valence electrons. The molecular weight excluding hydrogens is 320 g/mol. The lowest BCUT2D eigenvalue weighted by molar-refractivity contribution is 0.0654. The Hall–Kier alpha value is -1.20. The fraction of sp³-hybridized carbons (Fsp3) is 0.467. The van der Waals surface area contributed by atoms with Crippen LogP contribution in [0.15, 0.2) is 22.7 Å². The second-order valence-corrected chi connectivity index (χ2v) is 6.30. The van der Waals surface area contributed by atoms with Crippen molar-refractivity contribution in [3.8, 4) is 0 Å². The molecule has 3 rings (SSSR count). The van der Waals surface area contributed by atoms with Gasteiger partial charge in [-0.2, -0.15) is 0 Å². The van der Waals surface area contributed by atoms with Crippen molar-refractivity contribution in [3.63, 3.8) is 0 Å². The first kappa shape index (κ1) is 13.8. The first-order valence-electron chi connectivity index (χ1n) is 7.06. The molecule has 4 nitrogen and oxygen atoms in total. The maximum Gasteiger partial charge on any atom is 0.261 e. The maximum absolute atomic E-state index is 12.2. The smallest absolute Gasteiger partial charge is 0.261 e. The average molecular weight is 337 g/mol. The molecule has 1 aromatic rings. The molecule has 1 aliphatic carbocycles. The van der Waals surface area contributed by atoms with E-state index in [0.29, 0.717) is 30.3 Å². The first-order valence-corrected chi connectivity index (χ1v) is 7.85. The van der Waals surface area contributed by atoms with Gasteiger partial charge in [0, 0.05) is 23.6 Å². The minimum absolute atomic E-state index is 0.175. The van der Waals surface area contributed by atoms with Crippen LogP contribution in [0.4, 0.5) is 0 Å². The normalized spacial score (nSPS) is 18.9. The molecule has 0 radical (unpaired) electrons. The van der Waals surface area contributed by atoms with Gasteiger partial charge < -0.3 is 5.32 Å². The van der Waals surface area contributed by atoms with Gasteiger partial charge in [0.1, 0.15) is 0 Å². The van der Waals surface area contributed by atoms with E-state index < -0.39 is 0 Å². The minimum atomic E-state index is -0.181. The van der Waals surface area contributed by atoms with E-state index in [1.165, 1.54) is 30.6 Å². The number of nitrogens with zero attached hydrogens (tertiary/aromatic N) is 1. The molecule has 5 heteroatoms. The predicted octanol–water partition coefficient (Wildman–Crippen LogP) is 2.58. The molecule has 1 aliphatic heterocycles. The summed E-state index contributed by atoms with van der Waals surface area (Å²) in [6.07, 6.45) is 4.96. The molecule has 0 atom stereocenters. The number of halogens is 1. The Bertz CT molecular complexity index is 553. The van der Waals surface area contributed by atoms with E-state index >= 15 is 0 Å². The third-order valence-electron chi connectivity index (χ3n) is 4.06. The summed E-state index contributed by atoms with van der Waals surface area (Å²) in [6, 6.07) is 5.79. The Labute approximate surface area is 126 Å². The van der Waals surface area contributed by atoms with E-state index in [-0.39, 0.29) is 11.8 Å². The van der Waals surface area contributed by atoms with E-state index in [1.807, 2.05) is 0 Å². The summed E-state index contributed by atoms with van der Waals surface area (Å²) in [7, 11) is 0. The quantitative estimate of drug-likeness (QED) is 0.859. The van der Waals surface area contributed by atoms with Crippen LogP contribution in [0.3, 0.4) is 0 Å². The molecule has 0 bridgehead atoms. The lowest BCUT2D eigenvalue weighted by atomic mass is 10.1. The average Bonchev–Trinajstić information content (AvgIpc) is 3.02. The molecule has 20 heavy (non-hydrogen) atoms. The fourth-order valence-electron chi connectivity index (χ4n) is 2.98. The second kappa shape index (κ2) is 5.66. The summed E-state index contributed by atoms with van der Waals surface area (Å²) in [5.41, 5.74) is 1.02. The highest BCUT2D eigenvalue weighted by molar-refractivity contribution is 9.10. The Morgan fingerprint density at radius 2 is 1.85 bits per heavy atom. The van der Waals surface area contributed by atoms with Crippen molar-refractivity contribution in [3.05, 3.63) is 33.8 Å². The van der Waals surface area contributed by atoms with E-state index in [2.05, 4.69) is 21.2 Å². The van der Waals surface area contributed by atoms with Crippen molar-refractivity contribution < 1.29 is 9.59 Å². The summed E-state index contributed by atoms with van der Waals surface area (Å²) in [5.74, 6) is -0.356. The Morgan fingerprint density at radius 1 is 1.15 bits per heavy atom. The highest BCUT2D eigenvalue weighted by atomic mass is 79.9. The van der Waals surface area contributed by atoms with Crippen LogP contribution >= 0.6 is 15.9 Å². The van der Waals surface area contributed by atoms with Gasteiger partial charge in [-0.3, -0.25) is 14.5 Å². The number of amides is 2. The van der Waals surface area contributed by atoms with E-state index in [1.54, 1.807) is 18.2 Å². The van der Waals surface area contributed by atoms with Crippen LogP contribution in [0.2, 0.25) is 0 Å². The van der Waals surface area contributed by atoms with Gasteiger partial charge >= 0.3 is 0 Å². The molecule has 2 amide bonds. The zero-order valence-electron chi connectivity index (χ0n) is 11.2. The number of nitrogens with one attached hydrogen (secondary N) is 1. The highest BCUT2D eigenvalue weighted by Gasteiger charge is 2.35. The number of hydrogen-bond donors (Lipinski definition) is 1. The van der Waals surface area contributed by atoms with Crippen molar-refractivity contribution in [1.29, 1.82) is 0 Å². The van der Waals surface area contributed by atoms with Crippen molar-refractivity contribution in [1.82, 2.24) is 10.2 Å². The number of hydrogen-bond acceptors (Lipinski definition) is 3. The SMILES string of the molecule is O=C1c2ccc(Br)cc2C(=O)N1CCNC1CCCC1. The zero-order valence-corrected chi connectivity index (χ0v) is 12.8. The first-order chi connectivity index (χ1) is 9.66. The fourth-order valence-corrected chi connectivity index (χ4v) is 3.34. The van der Waals surface area contributed by atoms with Crippen molar-refractivity contribution in [2.45, 2.75) is 31.7 Å². The zero-order chi connectivity index (χ0) is 14.1. The molecular formula is C15H17BrN2O2. The summed E-state index contributed by atoms with van der Waals surface area (Å²) in [4.78, 5) is 25.8. The molecule has 0 spiro atoms. The van der Waals surface area contributed by atoms with Crippen LogP contribution in [-0.2, 0) is 0 Å². The van der Waals surface area contributed by atoms with E-state index in [9.17, 15) is 9.59 Å². The van der Waals surface area contributed by atoms with Crippen LogP contribution in [-0.4, -0.2) is 35.8 Å². The molecule has 0 saturated heterocycles. The Kier molecular flexibility index (Phi) is 3.89. The summed E-state index contributed by atoms with van der Waals surface area (Å²) in [5, 5.41) is 3.43. The van der Waals surface area contributed by atoms with Crippen LogP contribution in [0.25, 0.3) is 0 Å². The number of benzene rings is 1. The monoisotopic (exact) mass is 336 g/mol. The van der Waals surface area contributed by atoms with Gasteiger partial charge in [-0.15, -0.1) is 0 Å². The number of fused-ring (bicyclic) bond motifs is 1. The molecule has 1 aromatic carbocycles. The van der Waals surface area contributed by atoms with Gasteiger partial charge in [0.25, 0.3) is 11.8 Å². The number of carbonyl (C=O) groups excluding carboxylic acids is 2. The Balaban J connectivity index is 1.64. The molecule has 2 aliphatic rings. The summed E-state index contributed by atoms with van der Waals surface area (Å²) in [6.45, 7) is 1.12. The number of imide groups is 1. The van der Waals surface area contributed by atoms with E-state index in [0.717, 1.165) is 4.47 Å². The molecule has 1 saturated carbocycles. The second-order valence-electron chi connectivity index (χ2n) is 5.39. The molecule has 1 N–H and O–H groups in total. The molecule has 1 fully saturated rings.